The fourth-order valence-electron chi connectivity index (χ4n) is 1.65. The van der Waals surface area contributed by atoms with Crippen molar-refractivity contribution in [1.29, 1.82) is 0 Å². The van der Waals surface area contributed by atoms with Gasteiger partial charge in [-0.1, -0.05) is 11.6 Å². The highest BCUT2D eigenvalue weighted by Gasteiger charge is 2.15. The van der Waals surface area contributed by atoms with Crippen LogP contribution in [0.3, 0.4) is 0 Å². The van der Waals surface area contributed by atoms with Gasteiger partial charge in [-0.15, -0.1) is 0 Å². The Morgan fingerprint density at radius 2 is 2.35 bits per heavy atom. The van der Waals surface area contributed by atoms with Gasteiger partial charge in [0, 0.05) is 30.9 Å². The number of rotatable bonds is 4. The van der Waals surface area contributed by atoms with Gasteiger partial charge in [0.2, 0.25) is 0 Å². The van der Waals surface area contributed by atoms with Crippen LogP contribution >= 0.6 is 11.6 Å². The SMILES string of the molecule is CCn1ncnc1CC(O)c1ccncc1Cl. The minimum Gasteiger partial charge on any atom is -0.388 e. The number of hydrogen-bond donors (Lipinski definition) is 1. The van der Waals surface area contributed by atoms with Crippen LogP contribution in [0.5, 0.6) is 0 Å². The monoisotopic (exact) mass is 252 g/mol. The lowest BCUT2D eigenvalue weighted by atomic mass is 10.1. The minimum absolute atomic E-state index is 0.386. The predicted octanol–water partition coefficient (Wildman–Crippen LogP) is 1.62. The number of aliphatic hydroxyl groups is 1. The maximum atomic E-state index is 10.1. The summed E-state index contributed by atoms with van der Waals surface area (Å²) in [5, 5.41) is 14.6. The zero-order valence-corrected chi connectivity index (χ0v) is 10.2. The molecule has 90 valence electrons. The second-order valence-corrected chi connectivity index (χ2v) is 4.02. The molecule has 0 radical (unpaired) electrons. The number of hydrogen-bond acceptors (Lipinski definition) is 4. The van der Waals surface area contributed by atoms with Crippen molar-refractivity contribution in [3.8, 4) is 0 Å². The molecule has 0 amide bonds. The highest BCUT2D eigenvalue weighted by Crippen LogP contribution is 2.23. The van der Waals surface area contributed by atoms with Crippen molar-refractivity contribution in [3.63, 3.8) is 0 Å². The Morgan fingerprint density at radius 1 is 1.53 bits per heavy atom. The van der Waals surface area contributed by atoms with E-state index in [4.69, 9.17) is 11.6 Å². The Hall–Kier alpha value is -1.46. The van der Waals surface area contributed by atoms with Gasteiger partial charge < -0.3 is 5.11 Å². The molecule has 2 heterocycles. The van der Waals surface area contributed by atoms with E-state index in [9.17, 15) is 5.11 Å². The van der Waals surface area contributed by atoms with Gasteiger partial charge >= 0.3 is 0 Å². The van der Waals surface area contributed by atoms with Crippen molar-refractivity contribution in [3.05, 3.63) is 41.2 Å². The fraction of sp³-hybridized carbons (Fsp3) is 0.364. The number of aryl methyl sites for hydroxylation is 1. The second-order valence-electron chi connectivity index (χ2n) is 3.61. The van der Waals surface area contributed by atoms with Crippen LogP contribution in [0.1, 0.15) is 24.4 Å². The molecule has 2 rings (SSSR count). The summed E-state index contributed by atoms with van der Waals surface area (Å²) in [5.74, 6) is 0.743. The maximum Gasteiger partial charge on any atom is 0.138 e. The molecular weight excluding hydrogens is 240 g/mol. The first-order valence-corrected chi connectivity index (χ1v) is 5.74. The van der Waals surface area contributed by atoms with Crippen molar-refractivity contribution in [2.45, 2.75) is 26.0 Å². The quantitative estimate of drug-likeness (QED) is 0.898. The number of nitrogens with zero attached hydrogens (tertiary/aromatic N) is 4. The highest BCUT2D eigenvalue weighted by atomic mass is 35.5. The molecule has 0 aromatic carbocycles. The first-order chi connectivity index (χ1) is 8.22. The van der Waals surface area contributed by atoms with E-state index in [1.54, 1.807) is 16.9 Å². The molecule has 6 heteroatoms. The zero-order valence-electron chi connectivity index (χ0n) is 9.41. The molecule has 1 N–H and O–H groups in total. The maximum absolute atomic E-state index is 10.1. The van der Waals surface area contributed by atoms with Crippen molar-refractivity contribution in [2.24, 2.45) is 0 Å². The standard InChI is InChI=1S/C11H13ClN4O/c1-2-16-11(14-7-15-16)5-10(17)8-3-4-13-6-9(8)12/h3-4,6-7,10,17H,2,5H2,1H3. The lowest BCUT2D eigenvalue weighted by Crippen LogP contribution is -2.10. The summed E-state index contributed by atoms with van der Waals surface area (Å²) in [5.41, 5.74) is 0.660. The fourth-order valence-corrected chi connectivity index (χ4v) is 1.89. The Kier molecular flexibility index (Phi) is 3.71. The van der Waals surface area contributed by atoms with Crippen molar-refractivity contribution in [1.82, 2.24) is 19.7 Å². The lowest BCUT2D eigenvalue weighted by molar-refractivity contribution is 0.174. The predicted molar refractivity (Wildman–Crippen MR) is 63.6 cm³/mol. The van der Waals surface area contributed by atoms with E-state index in [1.165, 1.54) is 12.5 Å². The molecule has 0 spiro atoms. The Labute approximate surface area is 104 Å². The summed E-state index contributed by atoms with van der Waals surface area (Å²) in [6.45, 7) is 2.70. The Bertz CT molecular complexity index is 500. The van der Waals surface area contributed by atoms with Gasteiger partial charge in [0.15, 0.2) is 0 Å². The summed E-state index contributed by atoms with van der Waals surface area (Å²) in [6.07, 6.45) is 4.30. The van der Waals surface area contributed by atoms with Crippen molar-refractivity contribution in [2.75, 3.05) is 0 Å². The van der Waals surface area contributed by atoms with E-state index in [0.29, 0.717) is 17.0 Å². The number of aliphatic hydroxyl groups excluding tert-OH is 1. The summed E-state index contributed by atoms with van der Waals surface area (Å²) < 4.78 is 1.75. The van der Waals surface area contributed by atoms with Gasteiger partial charge in [-0.25, -0.2) is 4.98 Å². The molecule has 5 nitrogen and oxygen atoms in total. The largest absolute Gasteiger partial charge is 0.388 e. The summed E-state index contributed by atoms with van der Waals surface area (Å²) in [4.78, 5) is 8.00. The number of pyridine rings is 1. The average Bonchev–Trinajstić information content (AvgIpc) is 2.76. The van der Waals surface area contributed by atoms with Gasteiger partial charge in [-0.3, -0.25) is 9.67 Å². The van der Waals surface area contributed by atoms with Gasteiger partial charge in [-0.2, -0.15) is 5.10 Å². The van der Waals surface area contributed by atoms with Crippen LogP contribution in [-0.2, 0) is 13.0 Å². The van der Waals surface area contributed by atoms with Gasteiger partial charge in [0.25, 0.3) is 0 Å². The van der Waals surface area contributed by atoms with Gasteiger partial charge in [0.05, 0.1) is 11.1 Å². The van der Waals surface area contributed by atoms with Crippen molar-refractivity contribution >= 4 is 11.6 Å². The van der Waals surface area contributed by atoms with Crippen LogP contribution in [0.4, 0.5) is 0 Å². The van der Waals surface area contributed by atoms with E-state index in [-0.39, 0.29) is 0 Å². The zero-order chi connectivity index (χ0) is 12.3. The van der Waals surface area contributed by atoms with Crippen LogP contribution in [0, 0.1) is 0 Å². The van der Waals surface area contributed by atoms with E-state index in [1.807, 2.05) is 6.92 Å². The first kappa shape index (κ1) is 12.0. The second kappa shape index (κ2) is 5.25. The van der Waals surface area contributed by atoms with Crippen molar-refractivity contribution < 1.29 is 5.11 Å². The molecular formula is C11H13ClN4O. The van der Waals surface area contributed by atoms with E-state index in [2.05, 4.69) is 15.1 Å². The average molecular weight is 253 g/mol. The normalized spacial score (nSPS) is 12.6. The molecule has 0 bridgehead atoms. The van der Waals surface area contributed by atoms with Crippen LogP contribution in [0.25, 0.3) is 0 Å². The van der Waals surface area contributed by atoms with Crippen LogP contribution in [0.2, 0.25) is 5.02 Å². The molecule has 0 saturated heterocycles. The first-order valence-electron chi connectivity index (χ1n) is 5.36. The van der Waals surface area contributed by atoms with Gasteiger partial charge in [0.1, 0.15) is 12.2 Å². The van der Waals surface area contributed by atoms with E-state index in [0.717, 1.165) is 12.4 Å². The number of aromatic nitrogens is 4. The summed E-state index contributed by atoms with van der Waals surface area (Å²) in [7, 11) is 0. The molecule has 0 saturated carbocycles. The molecule has 0 fully saturated rings. The molecule has 0 aliphatic heterocycles. The molecule has 2 aromatic heterocycles. The molecule has 17 heavy (non-hydrogen) atoms. The van der Waals surface area contributed by atoms with Crippen LogP contribution in [0.15, 0.2) is 24.8 Å². The summed E-state index contributed by atoms with van der Waals surface area (Å²) >= 11 is 5.97. The molecule has 1 atom stereocenters. The minimum atomic E-state index is -0.694. The third-order valence-electron chi connectivity index (χ3n) is 2.53. The molecule has 2 aromatic rings. The number of halogens is 1. The highest BCUT2D eigenvalue weighted by molar-refractivity contribution is 6.31. The van der Waals surface area contributed by atoms with Crippen LogP contribution in [-0.4, -0.2) is 24.9 Å². The summed E-state index contributed by atoms with van der Waals surface area (Å²) in [6, 6.07) is 1.71. The smallest absolute Gasteiger partial charge is 0.138 e. The third-order valence-corrected chi connectivity index (χ3v) is 2.85. The lowest BCUT2D eigenvalue weighted by Gasteiger charge is -2.12. The Balaban J connectivity index is 2.17. The van der Waals surface area contributed by atoms with E-state index >= 15 is 0 Å². The van der Waals surface area contributed by atoms with Crippen LogP contribution < -0.4 is 0 Å². The molecule has 0 aliphatic rings. The van der Waals surface area contributed by atoms with Gasteiger partial charge in [-0.05, 0) is 13.0 Å². The molecule has 0 aliphatic carbocycles. The Morgan fingerprint density at radius 3 is 3.06 bits per heavy atom. The molecule has 1 unspecified atom stereocenters. The van der Waals surface area contributed by atoms with E-state index < -0.39 is 6.10 Å². The third kappa shape index (κ3) is 2.62. The topological polar surface area (TPSA) is 63.8 Å².